The van der Waals surface area contributed by atoms with Crippen molar-refractivity contribution in [2.45, 2.75) is 51.6 Å². The molecule has 2 rings (SSSR count). The maximum atomic E-state index is 6.14. The zero-order chi connectivity index (χ0) is 11.5. The smallest absolute Gasteiger partial charge is 0.0412 e. The van der Waals surface area contributed by atoms with Gasteiger partial charge in [-0.25, -0.2) is 0 Å². The lowest BCUT2D eigenvalue weighted by molar-refractivity contribution is 0.404. The molecule has 1 aromatic rings. The van der Waals surface area contributed by atoms with Gasteiger partial charge in [0.05, 0.1) is 0 Å². The van der Waals surface area contributed by atoms with E-state index in [2.05, 4.69) is 37.4 Å². The minimum Gasteiger partial charge on any atom is -0.381 e. The van der Waals surface area contributed by atoms with Gasteiger partial charge in [-0.1, -0.05) is 30.5 Å². The fraction of sp³-hybridized carbons (Fsp3) is 0.571. The van der Waals surface area contributed by atoms with E-state index in [0.717, 1.165) is 6.42 Å². The molecule has 1 fully saturated rings. The second kappa shape index (κ2) is 4.88. The summed E-state index contributed by atoms with van der Waals surface area (Å²) >= 11 is 0. The first-order valence-corrected chi connectivity index (χ1v) is 6.26. The minimum atomic E-state index is 0.314. The Morgan fingerprint density at radius 1 is 1.19 bits per heavy atom. The zero-order valence-corrected chi connectivity index (χ0v) is 10.3. The van der Waals surface area contributed by atoms with Crippen molar-refractivity contribution in [2.24, 2.45) is 5.73 Å². The Balaban J connectivity index is 2.07. The van der Waals surface area contributed by atoms with Crippen LogP contribution in [0, 0.1) is 13.8 Å². The van der Waals surface area contributed by atoms with E-state index in [4.69, 9.17) is 5.73 Å². The Bertz CT molecular complexity index is 360. The normalized spacial score (nSPS) is 25.4. The van der Waals surface area contributed by atoms with Crippen molar-refractivity contribution in [1.29, 1.82) is 0 Å². The van der Waals surface area contributed by atoms with Gasteiger partial charge in [-0.15, -0.1) is 0 Å². The fourth-order valence-corrected chi connectivity index (χ4v) is 2.51. The maximum Gasteiger partial charge on any atom is 0.0412 e. The van der Waals surface area contributed by atoms with Gasteiger partial charge >= 0.3 is 0 Å². The van der Waals surface area contributed by atoms with E-state index < -0.39 is 0 Å². The van der Waals surface area contributed by atoms with Gasteiger partial charge < -0.3 is 11.1 Å². The molecule has 1 aliphatic carbocycles. The fourth-order valence-electron chi connectivity index (χ4n) is 2.51. The Morgan fingerprint density at radius 2 is 1.94 bits per heavy atom. The van der Waals surface area contributed by atoms with E-state index >= 15 is 0 Å². The van der Waals surface area contributed by atoms with Gasteiger partial charge in [0.25, 0.3) is 0 Å². The lowest BCUT2D eigenvalue weighted by Crippen LogP contribution is -2.42. The Morgan fingerprint density at radius 3 is 2.62 bits per heavy atom. The molecule has 0 radical (unpaired) electrons. The van der Waals surface area contributed by atoms with Crippen LogP contribution in [0.5, 0.6) is 0 Å². The van der Waals surface area contributed by atoms with Gasteiger partial charge in [-0.3, -0.25) is 0 Å². The van der Waals surface area contributed by atoms with Crippen molar-refractivity contribution in [3.63, 3.8) is 0 Å². The molecule has 1 aromatic carbocycles. The third kappa shape index (κ3) is 2.56. The highest BCUT2D eigenvalue weighted by molar-refractivity contribution is 5.52. The molecule has 1 saturated carbocycles. The number of nitrogens with one attached hydrogen (secondary N) is 1. The largest absolute Gasteiger partial charge is 0.381 e. The topological polar surface area (TPSA) is 38.0 Å². The first-order chi connectivity index (χ1) is 7.66. The summed E-state index contributed by atoms with van der Waals surface area (Å²) in [6.45, 7) is 4.28. The molecule has 16 heavy (non-hydrogen) atoms. The van der Waals surface area contributed by atoms with E-state index in [1.54, 1.807) is 0 Å². The summed E-state index contributed by atoms with van der Waals surface area (Å²) in [6.07, 6.45) is 4.94. The standard InChI is InChI=1S/C14H22N2/c1-10-7-8-13(11(2)9-10)16-14-6-4-3-5-12(14)15/h7-9,12,14,16H,3-6,15H2,1-2H3/t12-,14+/m1/s1. The lowest BCUT2D eigenvalue weighted by Gasteiger charge is -2.30. The van der Waals surface area contributed by atoms with Gasteiger partial charge in [0.2, 0.25) is 0 Å². The molecule has 0 saturated heterocycles. The van der Waals surface area contributed by atoms with Crippen LogP contribution in [0.4, 0.5) is 5.69 Å². The highest BCUT2D eigenvalue weighted by atomic mass is 15.0. The van der Waals surface area contributed by atoms with Crippen LogP contribution in [0.3, 0.4) is 0 Å². The minimum absolute atomic E-state index is 0.314. The summed E-state index contributed by atoms with van der Waals surface area (Å²) < 4.78 is 0. The average Bonchev–Trinajstić information content (AvgIpc) is 2.25. The average molecular weight is 218 g/mol. The molecule has 1 aliphatic rings. The third-order valence-corrected chi connectivity index (χ3v) is 3.54. The zero-order valence-electron chi connectivity index (χ0n) is 10.3. The van der Waals surface area contributed by atoms with Crippen LogP contribution in [0.25, 0.3) is 0 Å². The summed E-state index contributed by atoms with van der Waals surface area (Å²) in [6, 6.07) is 7.32. The first-order valence-electron chi connectivity index (χ1n) is 6.26. The van der Waals surface area contributed by atoms with Gasteiger partial charge in [-0.2, -0.15) is 0 Å². The van der Waals surface area contributed by atoms with Crippen molar-refractivity contribution >= 4 is 5.69 Å². The highest BCUT2D eigenvalue weighted by Crippen LogP contribution is 2.23. The lowest BCUT2D eigenvalue weighted by atomic mass is 9.90. The van der Waals surface area contributed by atoms with Gasteiger partial charge in [0.1, 0.15) is 0 Å². The molecule has 0 heterocycles. The molecular weight excluding hydrogens is 196 g/mol. The monoisotopic (exact) mass is 218 g/mol. The summed E-state index contributed by atoms with van der Waals surface area (Å²) in [5, 5.41) is 3.60. The number of rotatable bonds is 2. The maximum absolute atomic E-state index is 6.14. The molecule has 0 aromatic heterocycles. The first kappa shape index (κ1) is 11.5. The van der Waals surface area contributed by atoms with Crippen LogP contribution in [0.2, 0.25) is 0 Å². The van der Waals surface area contributed by atoms with Crippen molar-refractivity contribution in [3.8, 4) is 0 Å². The van der Waals surface area contributed by atoms with Gasteiger partial charge in [-0.05, 0) is 38.3 Å². The van der Waals surface area contributed by atoms with Crippen molar-refractivity contribution in [2.75, 3.05) is 5.32 Å². The molecule has 0 amide bonds. The highest BCUT2D eigenvalue weighted by Gasteiger charge is 2.21. The number of anilines is 1. The Kier molecular flexibility index (Phi) is 3.49. The van der Waals surface area contributed by atoms with Gasteiger partial charge in [0, 0.05) is 17.8 Å². The van der Waals surface area contributed by atoms with E-state index in [1.807, 2.05) is 0 Å². The molecule has 2 nitrogen and oxygen atoms in total. The Hall–Kier alpha value is -1.02. The number of nitrogens with two attached hydrogens (primary N) is 1. The van der Waals surface area contributed by atoms with Crippen molar-refractivity contribution in [1.82, 2.24) is 0 Å². The predicted octanol–water partition coefficient (Wildman–Crippen LogP) is 2.99. The number of hydrogen-bond acceptors (Lipinski definition) is 2. The summed E-state index contributed by atoms with van der Waals surface area (Å²) in [4.78, 5) is 0. The molecule has 0 unspecified atom stereocenters. The van der Waals surface area contributed by atoms with Crippen LogP contribution in [-0.2, 0) is 0 Å². The summed E-state index contributed by atoms with van der Waals surface area (Å²) in [5.74, 6) is 0. The van der Waals surface area contributed by atoms with Crippen LogP contribution in [0.15, 0.2) is 18.2 Å². The number of aryl methyl sites for hydroxylation is 2. The van der Waals surface area contributed by atoms with Crippen LogP contribution < -0.4 is 11.1 Å². The predicted molar refractivity (Wildman–Crippen MR) is 69.8 cm³/mol. The third-order valence-electron chi connectivity index (χ3n) is 3.54. The van der Waals surface area contributed by atoms with E-state index in [-0.39, 0.29) is 0 Å². The van der Waals surface area contributed by atoms with E-state index in [9.17, 15) is 0 Å². The molecule has 0 bridgehead atoms. The van der Waals surface area contributed by atoms with E-state index in [1.165, 1.54) is 36.1 Å². The van der Waals surface area contributed by atoms with E-state index in [0.29, 0.717) is 12.1 Å². The quantitative estimate of drug-likeness (QED) is 0.801. The molecular formula is C14H22N2. The molecule has 0 aliphatic heterocycles. The van der Waals surface area contributed by atoms with Crippen LogP contribution in [-0.4, -0.2) is 12.1 Å². The molecule has 2 heteroatoms. The molecule has 88 valence electrons. The van der Waals surface area contributed by atoms with Crippen LogP contribution >= 0.6 is 0 Å². The summed E-state index contributed by atoms with van der Waals surface area (Å²) in [7, 11) is 0. The van der Waals surface area contributed by atoms with Crippen LogP contribution in [0.1, 0.15) is 36.8 Å². The second-order valence-electron chi connectivity index (χ2n) is 5.02. The second-order valence-corrected chi connectivity index (χ2v) is 5.02. The number of benzene rings is 1. The Labute approximate surface area is 98.2 Å². The number of hydrogen-bond donors (Lipinski definition) is 2. The van der Waals surface area contributed by atoms with Crippen molar-refractivity contribution in [3.05, 3.63) is 29.3 Å². The van der Waals surface area contributed by atoms with Crippen molar-refractivity contribution < 1.29 is 0 Å². The van der Waals surface area contributed by atoms with Gasteiger partial charge in [0.15, 0.2) is 0 Å². The SMILES string of the molecule is Cc1ccc(N[C@H]2CCCC[C@H]2N)c(C)c1. The summed E-state index contributed by atoms with van der Waals surface area (Å²) in [5.41, 5.74) is 10.0. The molecule has 0 spiro atoms. The molecule has 2 atom stereocenters. The molecule has 3 N–H and O–H groups in total.